The van der Waals surface area contributed by atoms with Gasteiger partial charge in [0.1, 0.15) is 5.69 Å². The topological polar surface area (TPSA) is 167 Å². The highest BCUT2D eigenvalue weighted by Gasteiger charge is 2.36. The summed E-state index contributed by atoms with van der Waals surface area (Å²) in [5.41, 5.74) is 6.58. The van der Waals surface area contributed by atoms with Gasteiger partial charge in [-0.1, -0.05) is 6.92 Å². The maximum atomic E-state index is 13.4. The lowest BCUT2D eigenvalue weighted by Crippen LogP contribution is -2.41. The van der Waals surface area contributed by atoms with Crippen LogP contribution >= 0.6 is 0 Å². The highest BCUT2D eigenvalue weighted by atomic mass is 19.4. The molecule has 0 saturated carbocycles. The summed E-state index contributed by atoms with van der Waals surface area (Å²) in [6.07, 6.45) is 1.33. The van der Waals surface area contributed by atoms with Crippen LogP contribution in [0.2, 0.25) is 0 Å². The second-order valence-corrected chi connectivity index (χ2v) is 8.35. The molecule has 4 rings (SSSR count). The zero-order valence-corrected chi connectivity index (χ0v) is 20.9. The maximum absolute atomic E-state index is 13.4. The highest BCUT2D eigenvalue weighted by Crippen LogP contribution is 2.36. The second-order valence-electron chi connectivity index (χ2n) is 8.35. The van der Waals surface area contributed by atoms with Crippen molar-refractivity contribution in [1.29, 1.82) is 0 Å². The highest BCUT2D eigenvalue weighted by molar-refractivity contribution is 5.96. The number of alkyl halides is 3. The fourth-order valence-electron chi connectivity index (χ4n) is 3.92. The third-order valence-electron chi connectivity index (χ3n) is 5.75. The molecule has 0 aliphatic rings. The van der Waals surface area contributed by atoms with Crippen LogP contribution in [-0.4, -0.2) is 62.7 Å². The third-order valence-corrected chi connectivity index (χ3v) is 5.75. The van der Waals surface area contributed by atoms with Crippen LogP contribution in [-0.2, 0) is 12.6 Å². The van der Waals surface area contributed by atoms with Gasteiger partial charge in [0.15, 0.2) is 11.5 Å². The Morgan fingerprint density at radius 2 is 1.85 bits per heavy atom. The van der Waals surface area contributed by atoms with Crippen molar-refractivity contribution in [2.45, 2.75) is 19.5 Å². The maximum Gasteiger partial charge on any atom is 0.433 e. The number of H-pyrrole nitrogens is 1. The van der Waals surface area contributed by atoms with Crippen molar-refractivity contribution >= 4 is 29.1 Å². The van der Waals surface area contributed by atoms with Crippen molar-refractivity contribution in [2.24, 2.45) is 5.73 Å². The number of benzene rings is 1. The van der Waals surface area contributed by atoms with E-state index in [2.05, 4.69) is 36.3 Å². The number of nitrogens with one attached hydrogen (secondary N) is 5. The number of urea groups is 1. The van der Waals surface area contributed by atoms with Gasteiger partial charge in [-0.05, 0) is 30.2 Å². The Balaban J connectivity index is 1.48. The van der Waals surface area contributed by atoms with Crippen molar-refractivity contribution in [1.82, 2.24) is 40.5 Å². The molecule has 39 heavy (non-hydrogen) atoms. The molecule has 3 amide bonds. The van der Waals surface area contributed by atoms with E-state index in [0.717, 1.165) is 11.8 Å². The number of imidazole rings is 1. The number of anilines is 2. The lowest BCUT2D eigenvalue weighted by Gasteiger charge is -2.13. The van der Waals surface area contributed by atoms with Crippen LogP contribution in [0, 0.1) is 0 Å². The number of nitrogens with two attached hydrogens (primary N) is 1. The summed E-state index contributed by atoms with van der Waals surface area (Å²) in [6.45, 7) is 3.07. The Morgan fingerprint density at radius 3 is 2.59 bits per heavy atom. The van der Waals surface area contributed by atoms with Crippen LogP contribution in [0.15, 0.2) is 43.0 Å². The van der Waals surface area contributed by atoms with Gasteiger partial charge >= 0.3 is 12.2 Å². The van der Waals surface area contributed by atoms with E-state index in [9.17, 15) is 22.8 Å². The van der Waals surface area contributed by atoms with E-state index in [1.165, 1.54) is 23.0 Å². The molecule has 0 radical (unpaired) electrons. The zero-order valence-electron chi connectivity index (χ0n) is 20.9. The molecule has 0 aliphatic heterocycles. The van der Waals surface area contributed by atoms with Crippen LogP contribution in [0.4, 0.5) is 29.5 Å². The molecule has 15 heteroatoms. The minimum atomic E-state index is -4.61. The number of aromatic nitrogens is 5. The van der Waals surface area contributed by atoms with Crippen molar-refractivity contribution in [3.05, 3.63) is 59.8 Å². The predicted molar refractivity (Wildman–Crippen MR) is 137 cm³/mol. The molecule has 1 aromatic carbocycles. The minimum Gasteiger partial charge on any atom is -0.350 e. The van der Waals surface area contributed by atoms with E-state index in [1.54, 1.807) is 18.2 Å². The Hall–Kier alpha value is -4.66. The Kier molecular flexibility index (Phi) is 8.29. The summed E-state index contributed by atoms with van der Waals surface area (Å²) in [4.78, 5) is 32.8. The van der Waals surface area contributed by atoms with Gasteiger partial charge in [-0.3, -0.25) is 14.3 Å². The van der Waals surface area contributed by atoms with Crippen LogP contribution in [0.5, 0.6) is 0 Å². The van der Waals surface area contributed by atoms with Crippen molar-refractivity contribution < 1.29 is 22.8 Å². The van der Waals surface area contributed by atoms with Gasteiger partial charge in [-0.15, -0.1) is 0 Å². The molecule has 7 N–H and O–H groups in total. The number of halogens is 3. The first-order chi connectivity index (χ1) is 18.7. The number of rotatable bonds is 10. The molecule has 3 heterocycles. The number of aromatic amines is 1. The summed E-state index contributed by atoms with van der Waals surface area (Å²) >= 11 is 0. The Labute approximate surface area is 220 Å². The molecule has 0 spiro atoms. The number of hydrogen-bond donors (Lipinski definition) is 6. The predicted octanol–water partition coefficient (Wildman–Crippen LogP) is 2.43. The molecule has 0 aliphatic carbocycles. The molecule has 3 aromatic heterocycles. The number of carbonyl (C=O) groups is 2. The van der Waals surface area contributed by atoms with Gasteiger partial charge in [0.2, 0.25) is 0 Å². The summed E-state index contributed by atoms with van der Waals surface area (Å²) in [7, 11) is 0. The van der Waals surface area contributed by atoms with Crippen LogP contribution in [0.1, 0.15) is 28.5 Å². The van der Waals surface area contributed by atoms with Gasteiger partial charge in [0.05, 0.1) is 23.7 Å². The first-order valence-corrected chi connectivity index (χ1v) is 12.1. The molecular formula is C24H27F3N10O2. The monoisotopic (exact) mass is 544 g/mol. The van der Waals surface area contributed by atoms with E-state index in [-0.39, 0.29) is 36.3 Å². The largest absolute Gasteiger partial charge is 0.433 e. The Morgan fingerprint density at radius 1 is 1.08 bits per heavy atom. The van der Waals surface area contributed by atoms with Crippen molar-refractivity contribution in [3.63, 3.8) is 0 Å². The summed E-state index contributed by atoms with van der Waals surface area (Å²) < 4.78 is 41.6. The van der Waals surface area contributed by atoms with Gasteiger partial charge in [0, 0.05) is 49.8 Å². The number of hydrogen-bond acceptors (Lipinski definition) is 7. The molecule has 12 nitrogen and oxygen atoms in total. The first kappa shape index (κ1) is 27.4. The fourth-order valence-corrected chi connectivity index (χ4v) is 3.92. The molecule has 0 fully saturated rings. The van der Waals surface area contributed by atoms with Crippen molar-refractivity contribution in [2.75, 3.05) is 31.5 Å². The molecule has 0 bridgehead atoms. The number of amides is 3. The van der Waals surface area contributed by atoms with Gasteiger partial charge in [0.25, 0.3) is 5.91 Å². The lowest BCUT2D eigenvalue weighted by atomic mass is 10.0. The van der Waals surface area contributed by atoms with E-state index in [1.807, 2.05) is 12.0 Å². The quantitative estimate of drug-likeness (QED) is 0.167. The van der Waals surface area contributed by atoms with E-state index in [4.69, 9.17) is 5.73 Å². The van der Waals surface area contributed by atoms with Gasteiger partial charge < -0.3 is 27.0 Å². The fraction of sp³-hybridized carbons (Fsp3) is 0.292. The molecule has 0 unspecified atom stereocenters. The average Bonchev–Trinajstić information content (AvgIpc) is 3.57. The van der Waals surface area contributed by atoms with Gasteiger partial charge in [-0.2, -0.15) is 18.3 Å². The van der Waals surface area contributed by atoms with E-state index in [0.29, 0.717) is 42.2 Å². The smallest absolute Gasteiger partial charge is 0.350 e. The lowest BCUT2D eigenvalue weighted by molar-refractivity contribution is -0.140. The normalized spacial score (nSPS) is 11.4. The van der Waals surface area contributed by atoms with Crippen LogP contribution < -0.4 is 27.0 Å². The number of fused-ring (bicyclic) bond motifs is 1. The number of carbonyl (C=O) groups excluding carboxylic acids is 2. The Bertz CT molecular complexity index is 1460. The van der Waals surface area contributed by atoms with Crippen LogP contribution in [0.3, 0.4) is 0 Å². The summed E-state index contributed by atoms with van der Waals surface area (Å²) in [5.74, 6) is 0.0281. The third kappa shape index (κ3) is 6.26. The van der Waals surface area contributed by atoms with Crippen LogP contribution in [0.25, 0.3) is 16.9 Å². The van der Waals surface area contributed by atoms with E-state index >= 15 is 0 Å². The zero-order chi connectivity index (χ0) is 28.0. The molecule has 0 saturated heterocycles. The number of aryl methyl sites for hydroxylation is 1. The molecule has 4 aromatic rings. The average molecular weight is 545 g/mol. The SMILES string of the molecule is CCc1cc(Nc2nccn3c(-c4cn[nH]c4C(F)(F)F)cnc23)ccc1C(=O)NCCNC(=O)NCCN. The summed E-state index contributed by atoms with van der Waals surface area (Å²) in [5, 5.41) is 16.6. The first-order valence-electron chi connectivity index (χ1n) is 12.1. The second kappa shape index (κ2) is 11.8. The van der Waals surface area contributed by atoms with Gasteiger partial charge in [-0.25, -0.2) is 14.8 Å². The molecular weight excluding hydrogens is 517 g/mol. The number of nitrogens with zero attached hydrogens (tertiary/aromatic N) is 4. The van der Waals surface area contributed by atoms with Crippen molar-refractivity contribution in [3.8, 4) is 11.3 Å². The molecule has 0 atom stereocenters. The summed E-state index contributed by atoms with van der Waals surface area (Å²) in [6, 6.07) is 4.79. The van der Waals surface area contributed by atoms with E-state index < -0.39 is 11.9 Å². The standard InChI is InChI=1S/C24H27F3N10O2/c1-2-14-11-15(3-4-16(14)22(38)30-7-8-32-23(39)31-6-5-28)35-20-21-33-13-18(37(21)10-9-29-20)17-12-34-36-19(17)24(25,26)27/h3-4,9-13H,2,5-8,28H2,1H3,(H,29,35)(H,30,38)(H,34,36)(H2,31,32,39). The minimum absolute atomic E-state index is 0.137. The molecule has 206 valence electrons.